The minimum absolute atomic E-state index is 0.0103. The summed E-state index contributed by atoms with van der Waals surface area (Å²) in [6.07, 6.45) is 0. The van der Waals surface area contributed by atoms with Crippen LogP contribution in [0.15, 0.2) is 48.5 Å². The second kappa shape index (κ2) is 7.45. The fraction of sp³-hybridized carbons (Fsp3) is 0.235. The maximum absolute atomic E-state index is 12.1. The van der Waals surface area contributed by atoms with Gasteiger partial charge in [-0.15, -0.1) is 0 Å². The molecule has 0 aliphatic rings. The lowest BCUT2D eigenvalue weighted by atomic mass is 10.1. The molecule has 0 amide bonds. The van der Waals surface area contributed by atoms with Crippen molar-refractivity contribution in [2.45, 2.75) is 6.61 Å². The molecule has 21 heavy (non-hydrogen) atoms. The summed E-state index contributed by atoms with van der Waals surface area (Å²) in [6.45, 7) is 0.505. The van der Waals surface area contributed by atoms with Gasteiger partial charge in [0.05, 0.1) is 13.7 Å². The van der Waals surface area contributed by atoms with Crippen LogP contribution in [0, 0.1) is 0 Å². The average molecular weight is 286 g/mol. The van der Waals surface area contributed by atoms with Crippen LogP contribution in [0.3, 0.4) is 0 Å². The zero-order valence-corrected chi connectivity index (χ0v) is 12.2. The SMILES string of the molecule is COCc1cccc(OCC(=O)c2cccc(OC)c2)c1. The highest BCUT2D eigenvalue weighted by Gasteiger charge is 2.08. The summed E-state index contributed by atoms with van der Waals surface area (Å²) in [5.41, 5.74) is 1.58. The summed E-state index contributed by atoms with van der Waals surface area (Å²) in [7, 11) is 3.21. The van der Waals surface area contributed by atoms with Gasteiger partial charge in [-0.25, -0.2) is 0 Å². The lowest BCUT2D eigenvalue weighted by molar-refractivity contribution is 0.0921. The van der Waals surface area contributed by atoms with E-state index >= 15 is 0 Å². The highest BCUT2D eigenvalue weighted by Crippen LogP contribution is 2.16. The zero-order chi connectivity index (χ0) is 15.1. The topological polar surface area (TPSA) is 44.8 Å². The standard InChI is InChI=1S/C17H18O4/c1-19-11-13-5-3-8-16(9-13)21-12-17(18)14-6-4-7-15(10-14)20-2/h3-10H,11-12H2,1-2H3. The van der Waals surface area contributed by atoms with Crippen LogP contribution in [0.25, 0.3) is 0 Å². The molecule has 0 heterocycles. The molecular weight excluding hydrogens is 268 g/mol. The minimum Gasteiger partial charge on any atom is -0.497 e. The maximum atomic E-state index is 12.1. The summed E-state index contributed by atoms with van der Waals surface area (Å²) in [6, 6.07) is 14.5. The minimum atomic E-state index is -0.0916. The molecule has 0 fully saturated rings. The van der Waals surface area contributed by atoms with Crippen molar-refractivity contribution < 1.29 is 19.0 Å². The monoisotopic (exact) mass is 286 g/mol. The summed E-state index contributed by atoms with van der Waals surface area (Å²) < 4.78 is 15.7. The molecule has 4 nitrogen and oxygen atoms in total. The first-order chi connectivity index (χ1) is 10.2. The van der Waals surface area contributed by atoms with Crippen molar-refractivity contribution in [1.29, 1.82) is 0 Å². The molecule has 0 bridgehead atoms. The molecule has 0 atom stereocenters. The molecule has 0 aliphatic carbocycles. The van der Waals surface area contributed by atoms with Crippen LogP contribution >= 0.6 is 0 Å². The Kier molecular flexibility index (Phi) is 5.35. The lowest BCUT2D eigenvalue weighted by Gasteiger charge is -2.08. The molecule has 0 aliphatic heterocycles. The summed E-state index contributed by atoms with van der Waals surface area (Å²) in [4.78, 5) is 12.1. The van der Waals surface area contributed by atoms with Crippen molar-refractivity contribution in [1.82, 2.24) is 0 Å². The van der Waals surface area contributed by atoms with E-state index in [1.807, 2.05) is 24.3 Å². The van der Waals surface area contributed by atoms with Crippen LogP contribution in [0.5, 0.6) is 11.5 Å². The summed E-state index contributed by atoms with van der Waals surface area (Å²) >= 11 is 0. The van der Waals surface area contributed by atoms with Crippen molar-refractivity contribution in [2.75, 3.05) is 20.8 Å². The largest absolute Gasteiger partial charge is 0.497 e. The van der Waals surface area contributed by atoms with E-state index in [0.717, 1.165) is 5.56 Å². The lowest BCUT2D eigenvalue weighted by Crippen LogP contribution is -2.11. The molecule has 4 heteroatoms. The van der Waals surface area contributed by atoms with Crippen LogP contribution in [0.2, 0.25) is 0 Å². The Bertz CT molecular complexity index is 607. The molecule has 0 unspecified atom stereocenters. The van der Waals surface area contributed by atoms with Crippen molar-refractivity contribution in [3.05, 3.63) is 59.7 Å². The maximum Gasteiger partial charge on any atom is 0.200 e. The number of hydrogen-bond donors (Lipinski definition) is 0. The third-order valence-electron chi connectivity index (χ3n) is 2.97. The molecule has 2 rings (SSSR count). The normalized spacial score (nSPS) is 10.2. The van der Waals surface area contributed by atoms with Gasteiger partial charge in [0.15, 0.2) is 12.4 Å². The highest BCUT2D eigenvalue weighted by molar-refractivity contribution is 5.97. The zero-order valence-electron chi connectivity index (χ0n) is 12.2. The van der Waals surface area contributed by atoms with Crippen LogP contribution in [-0.2, 0) is 11.3 Å². The number of ketones is 1. The molecular formula is C17H18O4. The predicted molar refractivity (Wildman–Crippen MR) is 80.0 cm³/mol. The third kappa shape index (κ3) is 4.33. The van der Waals surface area contributed by atoms with Gasteiger partial charge in [0.25, 0.3) is 0 Å². The van der Waals surface area contributed by atoms with Crippen LogP contribution < -0.4 is 9.47 Å². The predicted octanol–water partition coefficient (Wildman–Crippen LogP) is 3.10. The second-order valence-electron chi connectivity index (χ2n) is 4.52. The Hall–Kier alpha value is -2.33. The highest BCUT2D eigenvalue weighted by atomic mass is 16.5. The first kappa shape index (κ1) is 15.1. The van der Waals surface area contributed by atoms with Gasteiger partial charge < -0.3 is 14.2 Å². The van der Waals surface area contributed by atoms with Gasteiger partial charge in [0.2, 0.25) is 0 Å². The molecule has 0 N–H and O–H groups in total. The Balaban J connectivity index is 1.98. The number of Topliss-reactive ketones (excluding diaryl/α,β-unsaturated/α-hetero) is 1. The van der Waals surface area contributed by atoms with Gasteiger partial charge in [0.1, 0.15) is 11.5 Å². The first-order valence-corrected chi connectivity index (χ1v) is 6.61. The second-order valence-corrected chi connectivity index (χ2v) is 4.52. The Morgan fingerprint density at radius 2 is 1.76 bits per heavy atom. The molecule has 0 saturated heterocycles. The Morgan fingerprint density at radius 3 is 2.52 bits per heavy atom. The van der Waals surface area contributed by atoms with E-state index in [2.05, 4.69) is 0 Å². The summed E-state index contributed by atoms with van der Waals surface area (Å²) in [5.74, 6) is 1.22. The number of ether oxygens (including phenoxy) is 3. The van der Waals surface area contributed by atoms with Gasteiger partial charge in [-0.1, -0.05) is 24.3 Å². The molecule has 0 aromatic heterocycles. The Labute approximate surface area is 124 Å². The smallest absolute Gasteiger partial charge is 0.200 e. The van der Waals surface area contributed by atoms with E-state index in [4.69, 9.17) is 14.2 Å². The molecule has 0 radical (unpaired) electrons. The van der Waals surface area contributed by atoms with Gasteiger partial charge in [-0.2, -0.15) is 0 Å². The fourth-order valence-electron chi connectivity index (χ4n) is 1.92. The number of methoxy groups -OCH3 is 2. The number of hydrogen-bond acceptors (Lipinski definition) is 4. The van der Waals surface area contributed by atoms with E-state index in [1.54, 1.807) is 38.5 Å². The van der Waals surface area contributed by atoms with Crippen LogP contribution in [0.1, 0.15) is 15.9 Å². The summed E-state index contributed by atoms with van der Waals surface area (Å²) in [5, 5.41) is 0. The van der Waals surface area contributed by atoms with Crippen molar-refractivity contribution in [3.63, 3.8) is 0 Å². The molecule has 0 saturated carbocycles. The van der Waals surface area contributed by atoms with Gasteiger partial charge >= 0.3 is 0 Å². The fourth-order valence-corrected chi connectivity index (χ4v) is 1.92. The van der Waals surface area contributed by atoms with Gasteiger partial charge in [0, 0.05) is 12.7 Å². The van der Waals surface area contributed by atoms with Crippen LogP contribution in [0.4, 0.5) is 0 Å². The number of carbonyl (C=O) groups excluding carboxylic acids is 1. The van der Waals surface area contributed by atoms with Gasteiger partial charge in [-0.3, -0.25) is 4.79 Å². The van der Waals surface area contributed by atoms with E-state index in [1.165, 1.54) is 0 Å². The first-order valence-electron chi connectivity index (χ1n) is 6.61. The van der Waals surface area contributed by atoms with Crippen molar-refractivity contribution in [2.24, 2.45) is 0 Å². The van der Waals surface area contributed by atoms with E-state index in [9.17, 15) is 4.79 Å². The van der Waals surface area contributed by atoms with Crippen molar-refractivity contribution >= 4 is 5.78 Å². The van der Waals surface area contributed by atoms with Crippen molar-refractivity contribution in [3.8, 4) is 11.5 Å². The molecule has 0 spiro atoms. The number of benzene rings is 2. The Morgan fingerprint density at radius 1 is 1.00 bits per heavy atom. The average Bonchev–Trinajstić information content (AvgIpc) is 2.53. The number of carbonyl (C=O) groups is 1. The van der Waals surface area contributed by atoms with Crippen LogP contribution in [-0.4, -0.2) is 26.6 Å². The third-order valence-corrected chi connectivity index (χ3v) is 2.97. The quantitative estimate of drug-likeness (QED) is 0.734. The number of rotatable bonds is 7. The molecule has 2 aromatic rings. The molecule has 110 valence electrons. The van der Waals surface area contributed by atoms with E-state index in [0.29, 0.717) is 23.7 Å². The van der Waals surface area contributed by atoms with Gasteiger partial charge in [-0.05, 0) is 29.8 Å². The van der Waals surface area contributed by atoms with E-state index in [-0.39, 0.29) is 12.4 Å². The molecule has 2 aromatic carbocycles. The van der Waals surface area contributed by atoms with E-state index < -0.39 is 0 Å².